The molecule has 26 heavy (non-hydrogen) atoms. The third kappa shape index (κ3) is 3.22. The number of hydrogen-bond donors (Lipinski definition) is 0. The second kappa shape index (κ2) is 7.23. The van der Waals surface area contributed by atoms with Gasteiger partial charge in [-0.2, -0.15) is 0 Å². The summed E-state index contributed by atoms with van der Waals surface area (Å²) < 4.78 is 5.86. The van der Waals surface area contributed by atoms with Crippen molar-refractivity contribution >= 4 is 0 Å². The van der Waals surface area contributed by atoms with Gasteiger partial charge in [-0.1, -0.05) is 49.6 Å². The van der Waals surface area contributed by atoms with Gasteiger partial charge < -0.3 is 4.74 Å². The zero-order valence-corrected chi connectivity index (χ0v) is 16.0. The second-order valence-electron chi connectivity index (χ2n) is 9.00. The number of likely N-dealkylation sites (tertiary alicyclic amines) is 1. The standard InChI is InChI=1S/C22H33N3O/c1-3-7-19(8-4-1)13-23-14-21-15-26-12-11-25(21)22(16-23)17-24(18-22)20-9-5-2-6-10-20/h1,3-4,7-8,20-21H,2,5-6,9-18H2/t21-/m1/s1. The largest absolute Gasteiger partial charge is 0.378 e. The molecule has 4 aliphatic rings. The van der Waals surface area contributed by atoms with Crippen LogP contribution in [0.2, 0.25) is 0 Å². The minimum absolute atomic E-state index is 0.374. The summed E-state index contributed by atoms with van der Waals surface area (Å²) in [5.74, 6) is 0. The van der Waals surface area contributed by atoms with Gasteiger partial charge in [-0.25, -0.2) is 0 Å². The molecule has 0 N–H and O–H groups in total. The van der Waals surface area contributed by atoms with Crippen LogP contribution in [0, 0.1) is 0 Å². The van der Waals surface area contributed by atoms with Crippen LogP contribution in [0.1, 0.15) is 37.7 Å². The summed E-state index contributed by atoms with van der Waals surface area (Å²) in [6.45, 7) is 8.97. The Balaban J connectivity index is 1.30. The molecule has 3 aliphatic heterocycles. The smallest absolute Gasteiger partial charge is 0.0635 e. The number of nitrogens with zero attached hydrogens (tertiary/aromatic N) is 3. The van der Waals surface area contributed by atoms with Gasteiger partial charge in [0.15, 0.2) is 0 Å². The number of benzene rings is 1. The molecule has 4 heteroatoms. The molecule has 1 atom stereocenters. The van der Waals surface area contributed by atoms with Gasteiger partial charge in [0, 0.05) is 51.4 Å². The lowest BCUT2D eigenvalue weighted by atomic mass is 9.79. The lowest BCUT2D eigenvalue weighted by Crippen LogP contribution is -2.81. The fourth-order valence-corrected chi connectivity index (χ4v) is 5.96. The topological polar surface area (TPSA) is 19.0 Å². The van der Waals surface area contributed by atoms with Crippen molar-refractivity contribution in [3.05, 3.63) is 35.9 Å². The molecule has 1 aromatic carbocycles. The fourth-order valence-electron chi connectivity index (χ4n) is 5.96. The van der Waals surface area contributed by atoms with E-state index in [1.807, 2.05) is 0 Å². The summed E-state index contributed by atoms with van der Waals surface area (Å²) in [7, 11) is 0. The molecule has 142 valence electrons. The molecule has 1 spiro atoms. The van der Waals surface area contributed by atoms with Crippen LogP contribution >= 0.6 is 0 Å². The fraction of sp³-hybridized carbons (Fsp3) is 0.727. The number of hydrogen-bond acceptors (Lipinski definition) is 4. The van der Waals surface area contributed by atoms with E-state index in [0.29, 0.717) is 11.6 Å². The third-order valence-corrected chi connectivity index (χ3v) is 7.16. The molecule has 0 bridgehead atoms. The van der Waals surface area contributed by atoms with E-state index in [2.05, 4.69) is 45.0 Å². The Labute approximate surface area is 158 Å². The van der Waals surface area contributed by atoms with Gasteiger partial charge in [-0.3, -0.25) is 14.7 Å². The monoisotopic (exact) mass is 355 g/mol. The molecule has 1 saturated carbocycles. The first-order valence-electron chi connectivity index (χ1n) is 10.7. The Morgan fingerprint density at radius 3 is 2.58 bits per heavy atom. The van der Waals surface area contributed by atoms with Gasteiger partial charge in [0.25, 0.3) is 0 Å². The number of morpholine rings is 1. The molecule has 0 unspecified atom stereocenters. The van der Waals surface area contributed by atoms with E-state index in [1.54, 1.807) is 0 Å². The highest BCUT2D eigenvalue weighted by Crippen LogP contribution is 2.39. The zero-order chi connectivity index (χ0) is 17.4. The highest BCUT2D eigenvalue weighted by atomic mass is 16.5. The molecule has 4 fully saturated rings. The molecule has 4 nitrogen and oxygen atoms in total. The van der Waals surface area contributed by atoms with Crippen molar-refractivity contribution in [2.24, 2.45) is 0 Å². The molecule has 0 radical (unpaired) electrons. The third-order valence-electron chi connectivity index (χ3n) is 7.16. The van der Waals surface area contributed by atoms with E-state index in [9.17, 15) is 0 Å². The molecule has 0 aromatic heterocycles. The van der Waals surface area contributed by atoms with Crippen LogP contribution in [0.5, 0.6) is 0 Å². The van der Waals surface area contributed by atoms with Crippen molar-refractivity contribution in [2.45, 2.75) is 56.3 Å². The van der Waals surface area contributed by atoms with Gasteiger partial charge in [0.1, 0.15) is 0 Å². The van der Waals surface area contributed by atoms with Crippen molar-refractivity contribution in [1.29, 1.82) is 0 Å². The van der Waals surface area contributed by atoms with Gasteiger partial charge in [0.2, 0.25) is 0 Å². The van der Waals surface area contributed by atoms with Crippen molar-refractivity contribution in [1.82, 2.24) is 14.7 Å². The predicted molar refractivity (Wildman–Crippen MR) is 104 cm³/mol. The quantitative estimate of drug-likeness (QED) is 0.829. The van der Waals surface area contributed by atoms with E-state index in [4.69, 9.17) is 4.74 Å². The Kier molecular flexibility index (Phi) is 4.78. The van der Waals surface area contributed by atoms with Gasteiger partial charge >= 0.3 is 0 Å². The first-order chi connectivity index (χ1) is 12.8. The Morgan fingerprint density at radius 1 is 0.962 bits per heavy atom. The summed E-state index contributed by atoms with van der Waals surface area (Å²) in [6.07, 6.45) is 7.18. The summed E-state index contributed by atoms with van der Waals surface area (Å²) in [5, 5.41) is 0. The molecule has 3 heterocycles. The normalized spacial score (nSPS) is 30.8. The maximum atomic E-state index is 5.86. The molecule has 3 saturated heterocycles. The highest BCUT2D eigenvalue weighted by Gasteiger charge is 2.55. The minimum atomic E-state index is 0.374. The molecule has 1 aromatic rings. The molecule has 5 rings (SSSR count). The maximum absolute atomic E-state index is 5.86. The van der Waals surface area contributed by atoms with Crippen LogP contribution in [0.3, 0.4) is 0 Å². The lowest BCUT2D eigenvalue weighted by molar-refractivity contribution is -0.176. The number of fused-ring (bicyclic) bond motifs is 2. The molecular formula is C22H33N3O. The van der Waals surface area contributed by atoms with Crippen LogP contribution in [-0.2, 0) is 11.3 Å². The average Bonchev–Trinajstić information content (AvgIpc) is 2.67. The lowest BCUT2D eigenvalue weighted by Gasteiger charge is -2.65. The van der Waals surface area contributed by atoms with E-state index in [0.717, 1.165) is 38.9 Å². The number of ether oxygens (including phenoxy) is 1. The van der Waals surface area contributed by atoms with Crippen LogP contribution in [0.4, 0.5) is 0 Å². The van der Waals surface area contributed by atoms with Crippen LogP contribution < -0.4 is 0 Å². The summed E-state index contributed by atoms with van der Waals surface area (Å²) in [4.78, 5) is 8.33. The predicted octanol–water partition coefficient (Wildman–Crippen LogP) is 2.59. The van der Waals surface area contributed by atoms with Crippen molar-refractivity contribution in [2.75, 3.05) is 45.9 Å². The Hall–Kier alpha value is -0.940. The number of piperazine rings is 1. The highest BCUT2D eigenvalue weighted by molar-refractivity contribution is 5.17. The summed E-state index contributed by atoms with van der Waals surface area (Å²) in [5.41, 5.74) is 1.81. The molecular weight excluding hydrogens is 322 g/mol. The molecule has 0 amide bonds. The summed E-state index contributed by atoms with van der Waals surface area (Å²) >= 11 is 0. The van der Waals surface area contributed by atoms with E-state index in [-0.39, 0.29) is 0 Å². The second-order valence-corrected chi connectivity index (χ2v) is 9.00. The number of rotatable bonds is 3. The van der Waals surface area contributed by atoms with Gasteiger partial charge in [-0.05, 0) is 18.4 Å². The van der Waals surface area contributed by atoms with Crippen LogP contribution in [0.25, 0.3) is 0 Å². The van der Waals surface area contributed by atoms with E-state index >= 15 is 0 Å². The SMILES string of the molecule is c1ccc(CN2C[C@@H]3COCCN3C3(C2)CN(C2CCCCC2)C3)cc1. The van der Waals surface area contributed by atoms with E-state index < -0.39 is 0 Å². The van der Waals surface area contributed by atoms with Crippen molar-refractivity contribution < 1.29 is 4.74 Å². The Morgan fingerprint density at radius 2 is 1.77 bits per heavy atom. The van der Waals surface area contributed by atoms with Crippen molar-refractivity contribution in [3.8, 4) is 0 Å². The maximum Gasteiger partial charge on any atom is 0.0635 e. The summed E-state index contributed by atoms with van der Waals surface area (Å²) in [6, 6.07) is 12.4. The van der Waals surface area contributed by atoms with Gasteiger partial charge in [0.05, 0.1) is 18.8 Å². The Bertz CT molecular complexity index is 595. The molecule has 1 aliphatic carbocycles. The van der Waals surface area contributed by atoms with Crippen molar-refractivity contribution in [3.63, 3.8) is 0 Å². The van der Waals surface area contributed by atoms with Crippen LogP contribution in [0.15, 0.2) is 30.3 Å². The van der Waals surface area contributed by atoms with E-state index in [1.165, 1.54) is 57.3 Å². The first-order valence-corrected chi connectivity index (χ1v) is 10.7. The van der Waals surface area contributed by atoms with Gasteiger partial charge in [-0.15, -0.1) is 0 Å². The zero-order valence-electron chi connectivity index (χ0n) is 16.0. The first kappa shape index (κ1) is 17.2. The van der Waals surface area contributed by atoms with Crippen LogP contribution in [-0.4, -0.2) is 78.3 Å². The average molecular weight is 356 g/mol. The minimum Gasteiger partial charge on any atom is -0.378 e.